The number of aryl methyl sites for hydroxylation is 1. The van der Waals surface area contributed by atoms with E-state index in [1.54, 1.807) is 6.07 Å². The van der Waals surface area contributed by atoms with Gasteiger partial charge in [-0.15, -0.1) is 11.8 Å². The third kappa shape index (κ3) is 5.72. The van der Waals surface area contributed by atoms with Crippen molar-refractivity contribution in [2.45, 2.75) is 23.6 Å². The van der Waals surface area contributed by atoms with E-state index in [1.165, 1.54) is 38.0 Å². The number of anilines is 1. The van der Waals surface area contributed by atoms with E-state index in [1.807, 2.05) is 38.1 Å². The lowest BCUT2D eigenvalue weighted by atomic mass is 10.2. The molecule has 1 N–H and O–H groups in total. The first-order chi connectivity index (χ1) is 12.7. The molecule has 0 spiro atoms. The minimum atomic E-state index is -3.55. The Morgan fingerprint density at radius 1 is 1.15 bits per heavy atom. The van der Waals surface area contributed by atoms with Gasteiger partial charge in [0.25, 0.3) is 0 Å². The Morgan fingerprint density at radius 2 is 1.81 bits per heavy atom. The second-order valence-electron chi connectivity index (χ2n) is 6.01. The summed E-state index contributed by atoms with van der Waals surface area (Å²) in [5.41, 5.74) is 1.29. The van der Waals surface area contributed by atoms with Crippen LogP contribution >= 0.6 is 11.8 Å². The third-order valence-electron chi connectivity index (χ3n) is 3.77. The molecule has 0 atom stereocenters. The van der Waals surface area contributed by atoms with Crippen molar-refractivity contribution in [3.05, 3.63) is 48.0 Å². The summed E-state index contributed by atoms with van der Waals surface area (Å²) in [6.45, 7) is 4.35. The van der Waals surface area contributed by atoms with Gasteiger partial charge in [-0.05, 0) is 55.8 Å². The molecule has 27 heavy (non-hydrogen) atoms. The number of nitrogens with zero attached hydrogens (tertiary/aromatic N) is 1. The van der Waals surface area contributed by atoms with Gasteiger partial charge in [-0.1, -0.05) is 6.07 Å². The largest absolute Gasteiger partial charge is 0.494 e. The molecule has 0 saturated heterocycles. The van der Waals surface area contributed by atoms with Crippen LogP contribution in [0.1, 0.15) is 12.5 Å². The Bertz CT molecular complexity index is 894. The Morgan fingerprint density at radius 3 is 2.41 bits per heavy atom. The topological polar surface area (TPSA) is 75.7 Å². The monoisotopic (exact) mass is 408 g/mol. The first-order valence-corrected chi connectivity index (χ1v) is 10.8. The number of carbonyl (C=O) groups excluding carboxylic acids is 1. The van der Waals surface area contributed by atoms with Crippen LogP contribution in [0.5, 0.6) is 5.75 Å². The zero-order valence-electron chi connectivity index (χ0n) is 15.9. The van der Waals surface area contributed by atoms with Gasteiger partial charge in [0.15, 0.2) is 0 Å². The van der Waals surface area contributed by atoms with E-state index < -0.39 is 10.0 Å². The number of thioether (sulfide) groups is 1. The molecule has 146 valence electrons. The van der Waals surface area contributed by atoms with Gasteiger partial charge in [0.1, 0.15) is 5.75 Å². The molecule has 0 aliphatic heterocycles. The third-order valence-corrected chi connectivity index (χ3v) is 6.59. The van der Waals surface area contributed by atoms with Crippen LogP contribution in [0.4, 0.5) is 5.69 Å². The number of ether oxygens (including phenoxy) is 1. The van der Waals surface area contributed by atoms with Gasteiger partial charge in [-0.3, -0.25) is 4.79 Å². The zero-order valence-corrected chi connectivity index (χ0v) is 17.5. The molecular weight excluding hydrogens is 384 g/mol. The van der Waals surface area contributed by atoms with Crippen molar-refractivity contribution in [3.63, 3.8) is 0 Å². The van der Waals surface area contributed by atoms with Gasteiger partial charge in [0.2, 0.25) is 15.9 Å². The second kappa shape index (κ2) is 9.25. The predicted molar refractivity (Wildman–Crippen MR) is 109 cm³/mol. The standard InChI is InChI=1S/C19H24N2O4S2/c1-5-25-15-7-9-16(10-8-15)26-13-19(22)20-18-12-17(11-6-14(18)2)27(23,24)21(3)4/h6-12H,5,13H2,1-4H3,(H,20,22). The van der Waals surface area contributed by atoms with Crippen molar-refractivity contribution in [1.82, 2.24) is 4.31 Å². The average Bonchev–Trinajstić information content (AvgIpc) is 2.63. The predicted octanol–water partition coefficient (Wildman–Crippen LogP) is 3.37. The summed E-state index contributed by atoms with van der Waals surface area (Å²) in [5.74, 6) is 0.815. The van der Waals surface area contributed by atoms with Crippen LogP contribution in [-0.2, 0) is 14.8 Å². The molecule has 0 unspecified atom stereocenters. The number of rotatable bonds is 8. The van der Waals surface area contributed by atoms with Crippen molar-refractivity contribution in [1.29, 1.82) is 0 Å². The maximum absolute atomic E-state index is 12.3. The van der Waals surface area contributed by atoms with E-state index in [0.29, 0.717) is 12.3 Å². The fourth-order valence-corrected chi connectivity index (χ4v) is 3.87. The highest BCUT2D eigenvalue weighted by Gasteiger charge is 2.18. The highest BCUT2D eigenvalue weighted by atomic mass is 32.2. The smallest absolute Gasteiger partial charge is 0.242 e. The molecule has 0 fully saturated rings. The number of nitrogens with one attached hydrogen (secondary N) is 1. The first-order valence-electron chi connectivity index (χ1n) is 8.42. The minimum absolute atomic E-state index is 0.146. The molecule has 0 heterocycles. The molecule has 0 saturated carbocycles. The van der Waals surface area contributed by atoms with Crippen molar-refractivity contribution in [2.24, 2.45) is 0 Å². The highest BCUT2D eigenvalue weighted by molar-refractivity contribution is 8.00. The summed E-state index contributed by atoms with van der Waals surface area (Å²) >= 11 is 1.40. The average molecular weight is 409 g/mol. The fraction of sp³-hybridized carbons (Fsp3) is 0.316. The van der Waals surface area contributed by atoms with Gasteiger partial charge < -0.3 is 10.1 Å². The molecule has 2 aromatic rings. The number of sulfonamides is 1. The summed E-state index contributed by atoms with van der Waals surface area (Å²) < 4.78 is 31.1. The summed E-state index contributed by atoms with van der Waals surface area (Å²) in [4.78, 5) is 13.4. The van der Waals surface area contributed by atoms with Crippen molar-refractivity contribution >= 4 is 33.4 Å². The second-order valence-corrected chi connectivity index (χ2v) is 9.21. The lowest BCUT2D eigenvalue weighted by molar-refractivity contribution is -0.113. The van der Waals surface area contributed by atoms with Crippen LogP contribution in [0.3, 0.4) is 0 Å². The van der Waals surface area contributed by atoms with Gasteiger partial charge in [0, 0.05) is 24.7 Å². The summed E-state index contributed by atoms with van der Waals surface area (Å²) in [7, 11) is -0.605. The SMILES string of the molecule is CCOc1ccc(SCC(=O)Nc2cc(S(=O)(=O)N(C)C)ccc2C)cc1. The fourth-order valence-electron chi connectivity index (χ4n) is 2.24. The van der Waals surface area contributed by atoms with Gasteiger partial charge in [-0.2, -0.15) is 0 Å². The van der Waals surface area contributed by atoms with Crippen molar-refractivity contribution < 1.29 is 17.9 Å². The Balaban J connectivity index is 2.03. The highest BCUT2D eigenvalue weighted by Crippen LogP contribution is 2.24. The molecule has 2 aromatic carbocycles. The molecule has 2 rings (SSSR count). The molecule has 6 nitrogen and oxygen atoms in total. The zero-order chi connectivity index (χ0) is 20.0. The number of amides is 1. The summed E-state index contributed by atoms with van der Waals surface area (Å²) in [6.07, 6.45) is 0. The van der Waals surface area contributed by atoms with Crippen LogP contribution in [0, 0.1) is 6.92 Å². The van der Waals surface area contributed by atoms with E-state index >= 15 is 0 Å². The molecule has 1 amide bonds. The summed E-state index contributed by atoms with van der Waals surface area (Å²) in [6, 6.07) is 12.2. The molecule has 0 radical (unpaired) electrons. The van der Waals surface area contributed by atoms with E-state index in [4.69, 9.17) is 4.74 Å². The van der Waals surface area contributed by atoms with Gasteiger partial charge >= 0.3 is 0 Å². The van der Waals surface area contributed by atoms with Crippen LogP contribution < -0.4 is 10.1 Å². The number of hydrogen-bond donors (Lipinski definition) is 1. The van der Waals surface area contributed by atoms with Crippen LogP contribution in [0.2, 0.25) is 0 Å². The van der Waals surface area contributed by atoms with Crippen LogP contribution in [0.15, 0.2) is 52.3 Å². The molecule has 0 aliphatic rings. The first kappa shape index (κ1) is 21.3. The summed E-state index contributed by atoms with van der Waals surface area (Å²) in [5, 5.41) is 2.80. The molecule has 0 bridgehead atoms. The number of hydrogen-bond acceptors (Lipinski definition) is 5. The van der Waals surface area contributed by atoms with Gasteiger partial charge in [0.05, 0.1) is 17.3 Å². The molecule has 0 aliphatic carbocycles. The molecule has 0 aromatic heterocycles. The maximum Gasteiger partial charge on any atom is 0.242 e. The Kier molecular flexibility index (Phi) is 7.29. The van der Waals surface area contributed by atoms with Crippen molar-refractivity contribution in [2.75, 3.05) is 31.8 Å². The normalized spacial score (nSPS) is 11.4. The molecule has 8 heteroatoms. The van der Waals surface area contributed by atoms with Crippen LogP contribution in [-0.4, -0.2) is 45.1 Å². The quantitative estimate of drug-likeness (QED) is 0.678. The van der Waals surface area contributed by atoms with Gasteiger partial charge in [-0.25, -0.2) is 12.7 Å². The lowest BCUT2D eigenvalue weighted by Crippen LogP contribution is -2.22. The van der Waals surface area contributed by atoms with E-state index in [9.17, 15) is 13.2 Å². The van der Waals surface area contributed by atoms with Crippen molar-refractivity contribution in [3.8, 4) is 5.75 Å². The minimum Gasteiger partial charge on any atom is -0.494 e. The van der Waals surface area contributed by atoms with E-state index in [2.05, 4.69) is 5.32 Å². The van der Waals surface area contributed by atoms with E-state index in [0.717, 1.165) is 20.5 Å². The number of benzene rings is 2. The van der Waals surface area contributed by atoms with E-state index in [-0.39, 0.29) is 16.6 Å². The Hall–Kier alpha value is -2.03. The molecular formula is C19H24N2O4S2. The maximum atomic E-state index is 12.3. The number of carbonyl (C=O) groups is 1. The lowest BCUT2D eigenvalue weighted by Gasteiger charge is -2.14. The van der Waals surface area contributed by atoms with Crippen LogP contribution in [0.25, 0.3) is 0 Å². The Labute approximate surface area is 165 Å².